The summed E-state index contributed by atoms with van der Waals surface area (Å²) in [7, 11) is 0. The topological polar surface area (TPSA) is 59.8 Å². The zero-order chi connectivity index (χ0) is 20.1. The molecule has 0 saturated heterocycles. The van der Waals surface area contributed by atoms with Gasteiger partial charge in [0.15, 0.2) is 11.0 Å². The van der Waals surface area contributed by atoms with Gasteiger partial charge >= 0.3 is 0 Å². The summed E-state index contributed by atoms with van der Waals surface area (Å²) < 4.78 is 2.03. The van der Waals surface area contributed by atoms with Crippen molar-refractivity contribution in [3.8, 4) is 17.1 Å². The molecule has 1 aliphatic carbocycles. The van der Waals surface area contributed by atoms with Crippen molar-refractivity contribution >= 4 is 17.7 Å². The van der Waals surface area contributed by atoms with Gasteiger partial charge in [0.2, 0.25) is 5.91 Å². The standard InChI is InChI=1S/C23H26N4OS/c1-17-12-14-18(15-13-17)22-25-26-23(27(22)20-10-6-3-7-11-20)29-16-21(28)24-19-8-4-2-5-9-19/h3,6-7,10-15,19H,2,4-5,8-9,16H2,1H3,(H,24,28). The summed E-state index contributed by atoms with van der Waals surface area (Å²) in [5.41, 5.74) is 3.20. The molecule has 150 valence electrons. The van der Waals surface area contributed by atoms with Crippen molar-refractivity contribution in [3.05, 3.63) is 60.2 Å². The number of nitrogens with one attached hydrogen (secondary N) is 1. The number of thioether (sulfide) groups is 1. The van der Waals surface area contributed by atoms with E-state index >= 15 is 0 Å². The summed E-state index contributed by atoms with van der Waals surface area (Å²) in [6, 6.07) is 18.6. The lowest BCUT2D eigenvalue weighted by Gasteiger charge is -2.22. The van der Waals surface area contributed by atoms with Gasteiger partial charge in [0.05, 0.1) is 5.75 Å². The third kappa shape index (κ3) is 4.88. The summed E-state index contributed by atoms with van der Waals surface area (Å²) in [6.07, 6.45) is 5.88. The lowest BCUT2D eigenvalue weighted by Crippen LogP contribution is -2.37. The van der Waals surface area contributed by atoms with Crippen LogP contribution >= 0.6 is 11.8 Å². The van der Waals surface area contributed by atoms with E-state index < -0.39 is 0 Å². The predicted molar refractivity (Wildman–Crippen MR) is 117 cm³/mol. The highest BCUT2D eigenvalue weighted by Crippen LogP contribution is 2.28. The number of benzene rings is 2. The summed E-state index contributed by atoms with van der Waals surface area (Å²) in [5.74, 6) is 1.20. The second kappa shape index (κ2) is 9.27. The van der Waals surface area contributed by atoms with Gasteiger partial charge in [-0.3, -0.25) is 9.36 Å². The van der Waals surface area contributed by atoms with Crippen molar-refractivity contribution < 1.29 is 4.79 Å². The molecule has 0 aliphatic heterocycles. The summed E-state index contributed by atoms with van der Waals surface area (Å²) in [6.45, 7) is 2.07. The number of nitrogens with zero attached hydrogens (tertiary/aromatic N) is 3. The minimum absolute atomic E-state index is 0.0707. The molecule has 1 fully saturated rings. The molecule has 6 heteroatoms. The largest absolute Gasteiger partial charge is 0.353 e. The highest BCUT2D eigenvalue weighted by Gasteiger charge is 2.19. The fourth-order valence-electron chi connectivity index (χ4n) is 3.71. The van der Waals surface area contributed by atoms with Gasteiger partial charge in [-0.2, -0.15) is 0 Å². The molecule has 29 heavy (non-hydrogen) atoms. The molecule has 1 heterocycles. The van der Waals surface area contributed by atoms with Crippen LogP contribution in [0.15, 0.2) is 59.8 Å². The second-order valence-corrected chi connectivity index (χ2v) is 8.48. The minimum atomic E-state index is 0.0707. The monoisotopic (exact) mass is 406 g/mol. The molecular weight excluding hydrogens is 380 g/mol. The molecule has 1 saturated carbocycles. The van der Waals surface area contributed by atoms with Gasteiger partial charge in [-0.25, -0.2) is 0 Å². The summed E-state index contributed by atoms with van der Waals surface area (Å²) >= 11 is 1.43. The molecule has 2 aromatic carbocycles. The average molecular weight is 407 g/mol. The van der Waals surface area contributed by atoms with E-state index in [0.717, 1.165) is 35.1 Å². The highest BCUT2D eigenvalue weighted by molar-refractivity contribution is 7.99. The van der Waals surface area contributed by atoms with Crippen LogP contribution in [-0.2, 0) is 4.79 Å². The van der Waals surface area contributed by atoms with Gasteiger partial charge in [0, 0.05) is 17.3 Å². The molecule has 5 nitrogen and oxygen atoms in total. The molecule has 0 spiro atoms. The van der Waals surface area contributed by atoms with E-state index in [-0.39, 0.29) is 5.91 Å². The average Bonchev–Trinajstić information content (AvgIpc) is 3.18. The molecule has 0 unspecified atom stereocenters. The molecule has 0 radical (unpaired) electrons. The molecule has 1 amide bonds. The lowest BCUT2D eigenvalue weighted by molar-refractivity contribution is -0.119. The van der Waals surface area contributed by atoms with E-state index in [1.165, 1.54) is 36.6 Å². The van der Waals surface area contributed by atoms with Gasteiger partial charge in [-0.1, -0.05) is 79.1 Å². The number of carbonyl (C=O) groups excluding carboxylic acids is 1. The van der Waals surface area contributed by atoms with Crippen LogP contribution in [0.3, 0.4) is 0 Å². The van der Waals surface area contributed by atoms with E-state index in [0.29, 0.717) is 11.8 Å². The van der Waals surface area contributed by atoms with Crippen LogP contribution < -0.4 is 5.32 Å². The van der Waals surface area contributed by atoms with Gasteiger partial charge < -0.3 is 5.32 Å². The lowest BCUT2D eigenvalue weighted by atomic mass is 9.95. The van der Waals surface area contributed by atoms with Crippen molar-refractivity contribution in [1.82, 2.24) is 20.1 Å². The van der Waals surface area contributed by atoms with Gasteiger partial charge in [-0.05, 0) is 31.9 Å². The molecule has 1 aromatic heterocycles. The van der Waals surface area contributed by atoms with Crippen molar-refractivity contribution in [2.45, 2.75) is 50.2 Å². The number of hydrogen-bond acceptors (Lipinski definition) is 4. The van der Waals surface area contributed by atoms with E-state index in [9.17, 15) is 4.79 Å². The minimum Gasteiger partial charge on any atom is -0.353 e. The molecule has 0 bridgehead atoms. The zero-order valence-corrected chi connectivity index (χ0v) is 17.5. The molecule has 0 atom stereocenters. The van der Waals surface area contributed by atoms with Gasteiger partial charge in [0.1, 0.15) is 0 Å². The third-order valence-corrected chi connectivity index (χ3v) is 6.19. The third-order valence-electron chi connectivity index (χ3n) is 5.26. The number of para-hydroxylation sites is 1. The number of hydrogen-bond donors (Lipinski definition) is 1. The van der Waals surface area contributed by atoms with Crippen LogP contribution in [-0.4, -0.2) is 32.5 Å². The summed E-state index contributed by atoms with van der Waals surface area (Å²) in [4.78, 5) is 12.5. The Kier molecular flexibility index (Phi) is 6.30. The Labute approximate surface area is 175 Å². The van der Waals surface area contributed by atoms with Crippen LogP contribution in [0.4, 0.5) is 0 Å². The predicted octanol–water partition coefficient (Wildman–Crippen LogP) is 4.78. The normalized spacial score (nSPS) is 14.7. The molecule has 1 N–H and O–H groups in total. The van der Waals surface area contributed by atoms with Crippen molar-refractivity contribution in [2.75, 3.05) is 5.75 Å². The molecule has 4 rings (SSSR count). The number of rotatable bonds is 6. The smallest absolute Gasteiger partial charge is 0.230 e. The highest BCUT2D eigenvalue weighted by atomic mass is 32.2. The number of aryl methyl sites for hydroxylation is 1. The fourth-order valence-corrected chi connectivity index (χ4v) is 4.47. The van der Waals surface area contributed by atoms with Crippen LogP contribution in [0.2, 0.25) is 0 Å². The van der Waals surface area contributed by atoms with Crippen LogP contribution in [0.25, 0.3) is 17.1 Å². The van der Waals surface area contributed by atoms with Gasteiger partial charge in [0.25, 0.3) is 0 Å². The van der Waals surface area contributed by atoms with Crippen LogP contribution in [0.1, 0.15) is 37.7 Å². The number of carbonyl (C=O) groups is 1. The Morgan fingerprint density at radius 3 is 2.48 bits per heavy atom. The maximum atomic E-state index is 12.5. The Morgan fingerprint density at radius 2 is 1.76 bits per heavy atom. The van der Waals surface area contributed by atoms with E-state index in [1.54, 1.807) is 0 Å². The number of amides is 1. The first kappa shape index (κ1) is 19.7. The molecule has 3 aromatic rings. The Bertz CT molecular complexity index is 947. The van der Waals surface area contributed by atoms with Crippen molar-refractivity contribution in [3.63, 3.8) is 0 Å². The van der Waals surface area contributed by atoms with Crippen LogP contribution in [0.5, 0.6) is 0 Å². The van der Waals surface area contributed by atoms with Crippen molar-refractivity contribution in [2.24, 2.45) is 0 Å². The van der Waals surface area contributed by atoms with E-state index in [2.05, 4.69) is 46.7 Å². The quantitative estimate of drug-likeness (QED) is 0.598. The van der Waals surface area contributed by atoms with E-state index in [1.807, 2.05) is 34.9 Å². The Morgan fingerprint density at radius 1 is 1.03 bits per heavy atom. The Balaban J connectivity index is 1.55. The summed E-state index contributed by atoms with van der Waals surface area (Å²) in [5, 5.41) is 12.8. The maximum absolute atomic E-state index is 12.5. The first-order valence-electron chi connectivity index (χ1n) is 10.2. The maximum Gasteiger partial charge on any atom is 0.230 e. The molecule has 1 aliphatic rings. The fraction of sp³-hybridized carbons (Fsp3) is 0.348. The van der Waals surface area contributed by atoms with Crippen molar-refractivity contribution in [1.29, 1.82) is 0 Å². The first-order valence-corrected chi connectivity index (χ1v) is 11.2. The molecular formula is C23H26N4OS. The second-order valence-electron chi connectivity index (χ2n) is 7.53. The number of aromatic nitrogens is 3. The SMILES string of the molecule is Cc1ccc(-c2nnc(SCC(=O)NC3CCCCC3)n2-c2ccccc2)cc1. The first-order chi connectivity index (χ1) is 14.2. The van der Waals surface area contributed by atoms with E-state index in [4.69, 9.17) is 0 Å². The Hall–Kier alpha value is -2.60. The van der Waals surface area contributed by atoms with Crippen LogP contribution in [0, 0.1) is 6.92 Å². The zero-order valence-electron chi connectivity index (χ0n) is 16.7. The van der Waals surface area contributed by atoms with Gasteiger partial charge in [-0.15, -0.1) is 10.2 Å².